The fourth-order valence-electron chi connectivity index (χ4n) is 1.97. The van der Waals surface area contributed by atoms with Crippen LogP contribution in [0.15, 0.2) is 29.2 Å². The van der Waals surface area contributed by atoms with Gasteiger partial charge in [0.25, 0.3) is 0 Å². The Balaban J connectivity index is 2.76. The van der Waals surface area contributed by atoms with Crippen LogP contribution in [0.25, 0.3) is 11.1 Å². The normalized spacial score (nSPS) is 10.3. The fraction of sp³-hybridized carbons (Fsp3) is 0.154. The summed E-state index contributed by atoms with van der Waals surface area (Å²) in [5.74, 6) is 0.473. The Hall–Kier alpha value is -2.34. The number of nitro groups is 1. The lowest BCUT2D eigenvalue weighted by Gasteiger charge is -2.10. The Labute approximate surface area is 119 Å². The minimum absolute atomic E-state index is 0.223. The maximum atomic E-state index is 11.6. The first-order valence-corrected chi connectivity index (χ1v) is 6.04. The van der Waals surface area contributed by atoms with Gasteiger partial charge < -0.3 is 9.72 Å². The van der Waals surface area contributed by atoms with E-state index in [1.165, 1.54) is 19.4 Å². The number of pyridine rings is 1. The molecule has 7 heteroatoms. The number of ether oxygens (including phenoxy) is 1. The zero-order valence-corrected chi connectivity index (χ0v) is 11.5. The van der Waals surface area contributed by atoms with Crippen LogP contribution in [0, 0.1) is 17.0 Å². The van der Waals surface area contributed by atoms with Gasteiger partial charge in [0.1, 0.15) is 5.75 Å². The summed E-state index contributed by atoms with van der Waals surface area (Å²) in [5.41, 5.74) is 0.213. The van der Waals surface area contributed by atoms with Crippen LogP contribution in [0.1, 0.15) is 5.56 Å². The Morgan fingerprint density at radius 1 is 1.35 bits per heavy atom. The summed E-state index contributed by atoms with van der Waals surface area (Å²) in [7, 11) is 1.48. The van der Waals surface area contributed by atoms with Crippen LogP contribution in [0.3, 0.4) is 0 Å². The Kier molecular flexibility index (Phi) is 3.76. The third-order valence-corrected chi connectivity index (χ3v) is 3.20. The largest absolute Gasteiger partial charge is 0.495 e. The zero-order chi connectivity index (χ0) is 14.9. The monoisotopic (exact) mass is 294 g/mol. The smallest absolute Gasteiger partial charge is 0.341 e. The Morgan fingerprint density at radius 2 is 2.05 bits per heavy atom. The number of nitrogens with zero attached hydrogens (tertiary/aromatic N) is 1. The predicted molar refractivity (Wildman–Crippen MR) is 75.5 cm³/mol. The van der Waals surface area contributed by atoms with Crippen molar-refractivity contribution in [1.29, 1.82) is 0 Å². The van der Waals surface area contributed by atoms with E-state index in [2.05, 4.69) is 4.98 Å². The molecule has 0 spiro atoms. The van der Waals surface area contributed by atoms with Crippen LogP contribution >= 0.6 is 11.6 Å². The minimum atomic E-state index is -0.751. The van der Waals surface area contributed by atoms with Gasteiger partial charge in [-0.15, -0.1) is 0 Å². The number of methoxy groups -OCH3 is 1. The predicted octanol–water partition coefficient (Wildman–Crippen LogP) is 2.92. The molecule has 1 N–H and O–H groups in total. The van der Waals surface area contributed by atoms with Crippen molar-refractivity contribution >= 4 is 17.3 Å². The summed E-state index contributed by atoms with van der Waals surface area (Å²) in [5, 5.41) is 11.4. The van der Waals surface area contributed by atoms with Gasteiger partial charge in [-0.2, -0.15) is 0 Å². The molecule has 1 heterocycles. The lowest BCUT2D eigenvalue weighted by Crippen LogP contribution is -2.12. The first-order chi connectivity index (χ1) is 9.45. The third kappa shape index (κ3) is 2.37. The Morgan fingerprint density at radius 3 is 2.65 bits per heavy atom. The number of nitrogens with one attached hydrogen (secondary N) is 1. The van der Waals surface area contributed by atoms with Crippen LogP contribution in [0.5, 0.6) is 5.75 Å². The zero-order valence-electron chi connectivity index (χ0n) is 10.8. The topological polar surface area (TPSA) is 85.2 Å². The highest BCUT2D eigenvalue weighted by atomic mass is 35.5. The molecule has 0 amide bonds. The lowest BCUT2D eigenvalue weighted by atomic mass is 10.00. The molecule has 2 rings (SSSR count). The average Bonchev–Trinajstić information content (AvgIpc) is 2.40. The lowest BCUT2D eigenvalue weighted by molar-refractivity contribution is -0.385. The molecule has 2 aromatic rings. The number of hydrogen-bond acceptors (Lipinski definition) is 4. The number of aromatic amines is 1. The molecule has 104 valence electrons. The van der Waals surface area contributed by atoms with Gasteiger partial charge >= 0.3 is 11.2 Å². The van der Waals surface area contributed by atoms with E-state index in [1.54, 1.807) is 19.1 Å². The molecule has 6 nitrogen and oxygen atoms in total. The minimum Gasteiger partial charge on any atom is -0.495 e. The van der Waals surface area contributed by atoms with Crippen molar-refractivity contribution in [2.45, 2.75) is 6.92 Å². The first kappa shape index (κ1) is 14.1. The average molecular weight is 295 g/mol. The van der Waals surface area contributed by atoms with E-state index in [9.17, 15) is 14.9 Å². The molecule has 0 saturated heterocycles. The summed E-state index contributed by atoms with van der Waals surface area (Å²) >= 11 is 6.04. The van der Waals surface area contributed by atoms with Crippen molar-refractivity contribution in [2.75, 3.05) is 7.11 Å². The van der Waals surface area contributed by atoms with E-state index >= 15 is 0 Å². The van der Waals surface area contributed by atoms with Gasteiger partial charge in [0.2, 0.25) is 0 Å². The van der Waals surface area contributed by atoms with Crippen molar-refractivity contribution in [3.63, 3.8) is 0 Å². The molecule has 0 aliphatic heterocycles. The Bertz CT molecular complexity index is 740. The summed E-state index contributed by atoms with van der Waals surface area (Å²) in [4.78, 5) is 24.3. The maximum absolute atomic E-state index is 11.6. The fourth-order valence-corrected chi connectivity index (χ4v) is 2.21. The molecule has 1 aromatic heterocycles. The van der Waals surface area contributed by atoms with Crippen molar-refractivity contribution in [1.82, 2.24) is 4.98 Å². The second-order valence-corrected chi connectivity index (χ2v) is 4.54. The highest BCUT2D eigenvalue weighted by molar-refractivity contribution is 6.32. The SMILES string of the molecule is COc1cc(C)c(-c2cc[nH]c(=O)c2[N+](=O)[O-])cc1Cl. The molecule has 0 saturated carbocycles. The molecule has 0 radical (unpaired) electrons. The van der Waals surface area contributed by atoms with Gasteiger partial charge in [-0.1, -0.05) is 11.6 Å². The van der Waals surface area contributed by atoms with Gasteiger partial charge in [-0.3, -0.25) is 14.9 Å². The standard InChI is InChI=1S/C13H11ClN2O4/c1-7-5-11(20-2)10(14)6-9(7)8-3-4-15-13(17)12(8)16(18)19/h3-6H,1-2H3,(H,15,17). The molecule has 0 bridgehead atoms. The van der Waals surface area contributed by atoms with Crippen LogP contribution in [-0.2, 0) is 0 Å². The van der Waals surface area contributed by atoms with Gasteiger partial charge in [0, 0.05) is 6.20 Å². The third-order valence-electron chi connectivity index (χ3n) is 2.91. The summed E-state index contributed by atoms with van der Waals surface area (Å²) in [6.45, 7) is 1.76. The highest BCUT2D eigenvalue weighted by Crippen LogP contribution is 2.35. The molecule has 0 unspecified atom stereocenters. The number of benzene rings is 1. The van der Waals surface area contributed by atoms with Crippen molar-refractivity contribution in [3.8, 4) is 16.9 Å². The van der Waals surface area contributed by atoms with Crippen molar-refractivity contribution in [2.24, 2.45) is 0 Å². The molecule has 0 aliphatic rings. The van der Waals surface area contributed by atoms with Crippen LogP contribution in [0.2, 0.25) is 5.02 Å². The second-order valence-electron chi connectivity index (χ2n) is 4.13. The van der Waals surface area contributed by atoms with Gasteiger partial charge in [-0.25, -0.2) is 0 Å². The van der Waals surface area contributed by atoms with E-state index in [0.29, 0.717) is 16.3 Å². The van der Waals surface area contributed by atoms with Gasteiger partial charge in [0.15, 0.2) is 0 Å². The van der Waals surface area contributed by atoms with Crippen LogP contribution in [0.4, 0.5) is 5.69 Å². The molecule has 0 atom stereocenters. The molecule has 0 aliphatic carbocycles. The van der Waals surface area contributed by atoms with E-state index in [1.807, 2.05) is 0 Å². The molecule has 1 aromatic carbocycles. The number of rotatable bonds is 3. The molecular formula is C13H11ClN2O4. The number of halogens is 1. The molecule has 0 fully saturated rings. The highest BCUT2D eigenvalue weighted by Gasteiger charge is 2.22. The molecular weight excluding hydrogens is 284 g/mol. The van der Waals surface area contributed by atoms with E-state index in [4.69, 9.17) is 16.3 Å². The van der Waals surface area contributed by atoms with Crippen molar-refractivity contribution in [3.05, 3.63) is 55.5 Å². The second kappa shape index (κ2) is 5.34. The van der Waals surface area contributed by atoms with Gasteiger partial charge in [-0.05, 0) is 36.2 Å². The number of aromatic nitrogens is 1. The van der Waals surface area contributed by atoms with Gasteiger partial charge in [0.05, 0.1) is 22.6 Å². The summed E-state index contributed by atoms with van der Waals surface area (Å²) in [6, 6.07) is 4.70. The number of aryl methyl sites for hydroxylation is 1. The summed E-state index contributed by atoms with van der Waals surface area (Å²) < 4.78 is 5.08. The van der Waals surface area contributed by atoms with E-state index in [0.717, 1.165) is 5.56 Å². The number of hydrogen-bond donors (Lipinski definition) is 1. The number of H-pyrrole nitrogens is 1. The van der Waals surface area contributed by atoms with Crippen LogP contribution in [-0.4, -0.2) is 17.0 Å². The first-order valence-electron chi connectivity index (χ1n) is 5.66. The van der Waals surface area contributed by atoms with Crippen molar-refractivity contribution < 1.29 is 9.66 Å². The van der Waals surface area contributed by atoms with Crippen LogP contribution < -0.4 is 10.3 Å². The maximum Gasteiger partial charge on any atom is 0.341 e. The molecule has 20 heavy (non-hydrogen) atoms. The quantitative estimate of drug-likeness (QED) is 0.696. The van der Waals surface area contributed by atoms with E-state index in [-0.39, 0.29) is 5.56 Å². The van der Waals surface area contributed by atoms with E-state index < -0.39 is 16.2 Å². The summed E-state index contributed by atoms with van der Waals surface area (Å²) in [6.07, 6.45) is 1.36.